The number of hydrogen-bond acceptors (Lipinski definition) is 5. The molecule has 13 heavy (non-hydrogen) atoms. The van der Waals surface area contributed by atoms with E-state index in [4.69, 9.17) is 9.76 Å². The highest BCUT2D eigenvalue weighted by atomic mass is 32.2. The molecule has 2 N–H and O–H groups in total. The molecule has 0 spiro atoms. The standard InChI is InChI=1S/C5H7NO6S/c1-2-3(13(10,11)12)5(8)6(9)4(2)7/h2-3,9H,1H3,(H,10,11,12). The summed E-state index contributed by atoms with van der Waals surface area (Å²) in [6, 6.07) is 0. The zero-order chi connectivity index (χ0) is 10.4. The minimum atomic E-state index is -4.64. The van der Waals surface area contributed by atoms with Crippen LogP contribution in [0.2, 0.25) is 0 Å². The van der Waals surface area contributed by atoms with Crippen molar-refractivity contribution in [3.63, 3.8) is 0 Å². The average molecular weight is 209 g/mol. The van der Waals surface area contributed by atoms with E-state index >= 15 is 0 Å². The highest BCUT2D eigenvalue weighted by molar-refractivity contribution is 7.87. The Morgan fingerprint density at radius 1 is 1.31 bits per heavy atom. The van der Waals surface area contributed by atoms with Crippen molar-refractivity contribution in [1.82, 2.24) is 5.06 Å². The van der Waals surface area contributed by atoms with Gasteiger partial charge in [0.2, 0.25) is 0 Å². The minimum absolute atomic E-state index is 0.289. The Morgan fingerprint density at radius 3 is 1.92 bits per heavy atom. The van der Waals surface area contributed by atoms with Crippen LogP contribution in [0.3, 0.4) is 0 Å². The zero-order valence-corrected chi connectivity index (χ0v) is 7.35. The summed E-state index contributed by atoms with van der Waals surface area (Å²) < 4.78 is 29.7. The highest BCUT2D eigenvalue weighted by Gasteiger charge is 2.51. The number of carbonyl (C=O) groups is 2. The Hall–Kier alpha value is -0.990. The first kappa shape index (κ1) is 10.1. The van der Waals surface area contributed by atoms with E-state index in [-0.39, 0.29) is 5.06 Å². The molecule has 1 rings (SSSR count). The van der Waals surface area contributed by atoms with Crippen molar-refractivity contribution < 1.29 is 27.8 Å². The molecule has 1 heterocycles. The van der Waals surface area contributed by atoms with Gasteiger partial charge in [0.1, 0.15) is 0 Å². The van der Waals surface area contributed by atoms with E-state index in [1.165, 1.54) is 0 Å². The van der Waals surface area contributed by atoms with Gasteiger partial charge in [-0.15, -0.1) is 0 Å². The Morgan fingerprint density at radius 2 is 1.77 bits per heavy atom. The maximum Gasteiger partial charge on any atom is 0.277 e. The molecular formula is C5H7NO6S. The number of rotatable bonds is 1. The first-order valence-corrected chi connectivity index (χ1v) is 4.80. The van der Waals surface area contributed by atoms with Crippen molar-refractivity contribution >= 4 is 21.9 Å². The first-order valence-electron chi connectivity index (χ1n) is 3.30. The Kier molecular flexibility index (Phi) is 2.14. The van der Waals surface area contributed by atoms with Crippen LogP contribution in [0.5, 0.6) is 0 Å². The van der Waals surface area contributed by atoms with Crippen LogP contribution >= 0.6 is 0 Å². The second-order valence-electron chi connectivity index (χ2n) is 2.71. The van der Waals surface area contributed by atoms with Crippen LogP contribution in [0.15, 0.2) is 0 Å². The summed E-state index contributed by atoms with van der Waals surface area (Å²) in [5.74, 6) is -3.61. The van der Waals surface area contributed by atoms with Gasteiger partial charge in [0.25, 0.3) is 21.9 Å². The third-order valence-electron chi connectivity index (χ3n) is 1.83. The molecule has 8 heteroatoms. The average Bonchev–Trinajstić information content (AvgIpc) is 2.14. The van der Waals surface area contributed by atoms with Crippen LogP contribution in [0.1, 0.15) is 6.92 Å². The number of hydroxylamine groups is 2. The van der Waals surface area contributed by atoms with E-state index in [1.807, 2.05) is 0 Å². The molecule has 0 aromatic heterocycles. The van der Waals surface area contributed by atoms with Crippen LogP contribution in [0.25, 0.3) is 0 Å². The fourth-order valence-corrected chi connectivity index (χ4v) is 2.14. The number of amides is 2. The SMILES string of the molecule is CC1C(=O)N(O)C(=O)C1S(=O)(=O)O. The van der Waals surface area contributed by atoms with E-state index in [1.54, 1.807) is 0 Å². The third kappa shape index (κ3) is 1.43. The lowest BCUT2D eigenvalue weighted by atomic mass is 10.1. The maximum absolute atomic E-state index is 10.9. The van der Waals surface area contributed by atoms with Crippen molar-refractivity contribution in [3.8, 4) is 0 Å². The van der Waals surface area contributed by atoms with Gasteiger partial charge in [0.15, 0.2) is 5.25 Å². The zero-order valence-electron chi connectivity index (χ0n) is 6.54. The smallest absolute Gasteiger partial charge is 0.277 e. The molecule has 2 amide bonds. The highest BCUT2D eigenvalue weighted by Crippen LogP contribution is 2.23. The molecule has 1 aliphatic heterocycles. The second-order valence-corrected chi connectivity index (χ2v) is 4.25. The lowest BCUT2D eigenvalue weighted by molar-refractivity contribution is -0.172. The quantitative estimate of drug-likeness (QED) is 0.313. The molecule has 2 unspecified atom stereocenters. The van der Waals surface area contributed by atoms with Crippen molar-refractivity contribution in [2.45, 2.75) is 12.2 Å². The predicted molar refractivity (Wildman–Crippen MR) is 38.1 cm³/mol. The van der Waals surface area contributed by atoms with E-state index in [0.29, 0.717) is 0 Å². The van der Waals surface area contributed by atoms with Gasteiger partial charge in [0.05, 0.1) is 5.92 Å². The molecule has 0 aliphatic carbocycles. The molecule has 1 fully saturated rings. The van der Waals surface area contributed by atoms with E-state index in [9.17, 15) is 18.0 Å². The summed E-state index contributed by atoms with van der Waals surface area (Å²) >= 11 is 0. The fourth-order valence-electron chi connectivity index (χ4n) is 1.15. The Balaban J connectivity index is 3.16. The maximum atomic E-state index is 10.9. The molecule has 0 aromatic rings. The van der Waals surface area contributed by atoms with Crippen LogP contribution in [-0.2, 0) is 19.7 Å². The first-order chi connectivity index (χ1) is 5.76. The summed E-state index contributed by atoms with van der Waals surface area (Å²) in [4.78, 5) is 21.7. The predicted octanol–water partition coefficient (Wildman–Crippen LogP) is -1.36. The summed E-state index contributed by atoms with van der Waals surface area (Å²) in [6.07, 6.45) is 0. The van der Waals surface area contributed by atoms with Crippen LogP contribution in [0, 0.1) is 5.92 Å². The van der Waals surface area contributed by atoms with Gasteiger partial charge in [-0.25, -0.2) is 0 Å². The lowest BCUT2D eigenvalue weighted by Crippen LogP contribution is -2.33. The molecule has 0 radical (unpaired) electrons. The number of carbonyl (C=O) groups excluding carboxylic acids is 2. The van der Waals surface area contributed by atoms with Gasteiger partial charge < -0.3 is 0 Å². The van der Waals surface area contributed by atoms with Gasteiger partial charge in [-0.05, 0) is 0 Å². The Labute approximate surface area is 73.7 Å². The van der Waals surface area contributed by atoms with Crippen molar-refractivity contribution in [2.75, 3.05) is 0 Å². The van der Waals surface area contributed by atoms with Gasteiger partial charge in [-0.1, -0.05) is 6.92 Å². The summed E-state index contributed by atoms with van der Waals surface area (Å²) in [5, 5.41) is 6.56. The number of imide groups is 1. The topological polar surface area (TPSA) is 112 Å². The normalized spacial score (nSPS) is 29.9. The molecule has 1 saturated heterocycles. The van der Waals surface area contributed by atoms with Gasteiger partial charge in [-0.3, -0.25) is 19.3 Å². The number of nitrogens with zero attached hydrogens (tertiary/aromatic N) is 1. The molecular weight excluding hydrogens is 202 g/mol. The van der Waals surface area contributed by atoms with Crippen LogP contribution < -0.4 is 0 Å². The largest absolute Gasteiger partial charge is 0.285 e. The fraction of sp³-hybridized carbons (Fsp3) is 0.600. The lowest BCUT2D eigenvalue weighted by Gasteiger charge is -2.05. The van der Waals surface area contributed by atoms with Crippen LogP contribution in [0.4, 0.5) is 0 Å². The molecule has 0 bridgehead atoms. The monoisotopic (exact) mass is 209 g/mol. The van der Waals surface area contributed by atoms with Gasteiger partial charge in [-0.2, -0.15) is 13.5 Å². The van der Waals surface area contributed by atoms with E-state index in [0.717, 1.165) is 6.92 Å². The molecule has 7 nitrogen and oxygen atoms in total. The van der Waals surface area contributed by atoms with Crippen LogP contribution in [-0.4, -0.2) is 40.3 Å². The third-order valence-corrected chi connectivity index (χ3v) is 3.08. The molecule has 74 valence electrons. The van der Waals surface area contributed by atoms with Crippen molar-refractivity contribution in [2.24, 2.45) is 5.92 Å². The summed E-state index contributed by atoms with van der Waals surface area (Å²) in [5.41, 5.74) is 0. The minimum Gasteiger partial charge on any atom is -0.285 e. The van der Waals surface area contributed by atoms with Crippen molar-refractivity contribution in [3.05, 3.63) is 0 Å². The molecule has 2 atom stereocenters. The van der Waals surface area contributed by atoms with Gasteiger partial charge >= 0.3 is 0 Å². The number of hydrogen-bond donors (Lipinski definition) is 2. The van der Waals surface area contributed by atoms with Gasteiger partial charge in [0, 0.05) is 0 Å². The molecule has 1 aliphatic rings. The van der Waals surface area contributed by atoms with E-state index < -0.39 is 33.1 Å². The summed E-state index contributed by atoms with van der Waals surface area (Å²) in [7, 11) is -4.64. The van der Waals surface area contributed by atoms with Crippen molar-refractivity contribution in [1.29, 1.82) is 0 Å². The summed E-state index contributed by atoms with van der Waals surface area (Å²) in [6.45, 7) is 1.13. The second kappa shape index (κ2) is 2.76. The molecule has 0 saturated carbocycles. The Bertz CT molecular complexity index is 359. The van der Waals surface area contributed by atoms with E-state index in [2.05, 4.69) is 0 Å². The molecule has 0 aromatic carbocycles.